The van der Waals surface area contributed by atoms with E-state index < -0.39 is 0 Å². The Morgan fingerprint density at radius 2 is 1.31 bits per heavy atom. The minimum absolute atomic E-state index is 0.0452. The lowest BCUT2D eigenvalue weighted by molar-refractivity contribution is -0.159. The number of rotatable bonds is 4. The van der Waals surface area contributed by atoms with Gasteiger partial charge >= 0.3 is 0 Å². The fraction of sp³-hybridized carbons (Fsp3) is 0.808. The van der Waals surface area contributed by atoms with Crippen molar-refractivity contribution in [2.45, 2.75) is 44.9 Å². The van der Waals surface area contributed by atoms with Gasteiger partial charge in [-0.25, -0.2) is 0 Å². The smallest absolute Gasteiger partial charge is 0.233 e. The summed E-state index contributed by atoms with van der Waals surface area (Å²) < 4.78 is 0. The number of hydrogen-bond acceptors (Lipinski definition) is 4. The average Bonchev–Trinajstić information content (AvgIpc) is 3.46. The molecule has 2 aliphatic heterocycles. The molecule has 8 aliphatic rings. The van der Waals surface area contributed by atoms with E-state index in [0.29, 0.717) is 12.5 Å². The first-order valence-corrected chi connectivity index (χ1v) is 13.1. The van der Waals surface area contributed by atoms with E-state index in [1.807, 2.05) is 0 Å². The van der Waals surface area contributed by atoms with Gasteiger partial charge in [-0.1, -0.05) is 12.2 Å². The zero-order chi connectivity index (χ0) is 21.6. The fourth-order valence-corrected chi connectivity index (χ4v) is 9.31. The maximum absolute atomic E-state index is 13.6. The van der Waals surface area contributed by atoms with Crippen LogP contribution < -0.4 is 0 Å². The van der Waals surface area contributed by atoms with Crippen molar-refractivity contribution in [3.8, 4) is 0 Å². The third-order valence-corrected chi connectivity index (χ3v) is 10.4. The number of amides is 3. The van der Waals surface area contributed by atoms with Gasteiger partial charge in [0.15, 0.2) is 0 Å². The minimum atomic E-state index is -0.0905. The second kappa shape index (κ2) is 6.91. The van der Waals surface area contributed by atoms with Crippen molar-refractivity contribution in [1.82, 2.24) is 14.7 Å². The van der Waals surface area contributed by atoms with Gasteiger partial charge in [0.2, 0.25) is 17.7 Å². The van der Waals surface area contributed by atoms with Gasteiger partial charge in [0.25, 0.3) is 0 Å². The lowest BCUT2D eigenvalue weighted by Crippen LogP contribution is -2.58. The van der Waals surface area contributed by atoms with E-state index in [2.05, 4.69) is 22.0 Å². The third-order valence-electron chi connectivity index (χ3n) is 10.4. The standard InChI is InChI=1S/C26H35N3O3/c30-23-21-19-1-2-20(12-19)22(21)24(31)29(23)8-5-27-3-6-28(7-4-27)25(32)26-13-16-9-17(14-26)11-18(10-16)15-26/h1-2,16-22H,3-15H2. The van der Waals surface area contributed by atoms with E-state index >= 15 is 0 Å². The lowest BCUT2D eigenvalue weighted by atomic mass is 9.49. The third kappa shape index (κ3) is 2.77. The first-order valence-electron chi connectivity index (χ1n) is 13.1. The summed E-state index contributed by atoms with van der Waals surface area (Å²) in [5.41, 5.74) is -0.0452. The highest BCUT2D eigenvalue weighted by Gasteiger charge is 2.59. The highest BCUT2D eigenvalue weighted by Crippen LogP contribution is 2.60. The molecular formula is C26H35N3O3. The summed E-state index contributed by atoms with van der Waals surface area (Å²) in [5, 5.41) is 0. The second-order valence-corrected chi connectivity index (χ2v) is 12.2. The molecule has 2 heterocycles. The molecule has 0 aromatic heterocycles. The zero-order valence-corrected chi connectivity index (χ0v) is 19.0. The monoisotopic (exact) mass is 437 g/mol. The molecule has 6 nitrogen and oxygen atoms in total. The number of nitrogens with zero attached hydrogens (tertiary/aromatic N) is 3. The summed E-state index contributed by atoms with van der Waals surface area (Å²) in [7, 11) is 0. The molecule has 6 heteroatoms. The molecule has 5 saturated carbocycles. The number of carbonyl (C=O) groups is 3. The molecule has 2 saturated heterocycles. The number of fused-ring (bicyclic) bond motifs is 5. The Morgan fingerprint density at radius 1 is 0.781 bits per heavy atom. The Kier molecular flexibility index (Phi) is 4.26. The molecular weight excluding hydrogens is 402 g/mol. The van der Waals surface area contributed by atoms with Gasteiger partial charge in [0.05, 0.1) is 17.3 Å². The average molecular weight is 438 g/mol. The van der Waals surface area contributed by atoms with Crippen LogP contribution in [0.2, 0.25) is 0 Å². The van der Waals surface area contributed by atoms with Gasteiger partial charge in [0.1, 0.15) is 0 Å². The van der Waals surface area contributed by atoms with E-state index in [9.17, 15) is 14.4 Å². The molecule has 0 aromatic rings. The van der Waals surface area contributed by atoms with Crippen molar-refractivity contribution >= 4 is 17.7 Å². The molecule has 6 aliphatic carbocycles. The van der Waals surface area contributed by atoms with Crippen LogP contribution in [0.25, 0.3) is 0 Å². The molecule has 3 amide bonds. The van der Waals surface area contributed by atoms with Crippen LogP contribution >= 0.6 is 0 Å². The van der Waals surface area contributed by atoms with Crippen molar-refractivity contribution in [3.05, 3.63) is 12.2 Å². The topological polar surface area (TPSA) is 60.9 Å². The van der Waals surface area contributed by atoms with Gasteiger partial charge in [-0.15, -0.1) is 0 Å². The maximum Gasteiger partial charge on any atom is 0.233 e. The van der Waals surface area contributed by atoms with Crippen molar-refractivity contribution < 1.29 is 14.4 Å². The Balaban J connectivity index is 0.943. The van der Waals surface area contributed by atoms with E-state index in [0.717, 1.165) is 76.2 Å². The summed E-state index contributed by atoms with van der Waals surface area (Å²) in [4.78, 5) is 45.4. The highest BCUT2D eigenvalue weighted by molar-refractivity contribution is 6.06. The lowest BCUT2D eigenvalue weighted by Gasteiger charge is -2.57. The summed E-state index contributed by atoms with van der Waals surface area (Å²) in [6.07, 6.45) is 12.8. The number of piperazine rings is 1. The fourth-order valence-electron chi connectivity index (χ4n) is 9.31. The van der Waals surface area contributed by atoms with E-state index in [1.54, 1.807) is 4.90 Å². The van der Waals surface area contributed by atoms with Crippen molar-refractivity contribution in [1.29, 1.82) is 0 Å². The van der Waals surface area contributed by atoms with Crippen LogP contribution in [0, 0.1) is 46.8 Å². The number of hydrogen-bond donors (Lipinski definition) is 0. The van der Waals surface area contributed by atoms with Crippen LogP contribution in [-0.4, -0.2) is 71.7 Å². The van der Waals surface area contributed by atoms with Gasteiger partial charge in [-0.3, -0.25) is 24.2 Å². The van der Waals surface area contributed by atoms with Crippen LogP contribution in [0.15, 0.2) is 12.2 Å². The Hall–Kier alpha value is -1.69. The molecule has 0 aromatic carbocycles. The molecule has 0 radical (unpaired) electrons. The second-order valence-electron chi connectivity index (χ2n) is 12.2. The Morgan fingerprint density at radius 3 is 1.84 bits per heavy atom. The van der Waals surface area contributed by atoms with Crippen molar-refractivity contribution in [3.63, 3.8) is 0 Å². The predicted molar refractivity (Wildman–Crippen MR) is 118 cm³/mol. The Bertz CT molecular complexity index is 823. The molecule has 172 valence electrons. The molecule has 6 bridgehead atoms. The molecule has 0 spiro atoms. The predicted octanol–water partition coefficient (Wildman–Crippen LogP) is 2.15. The number of imide groups is 1. The first kappa shape index (κ1) is 19.7. The van der Waals surface area contributed by atoms with Gasteiger partial charge in [-0.05, 0) is 74.5 Å². The van der Waals surface area contributed by atoms with Gasteiger partial charge in [-0.2, -0.15) is 0 Å². The normalized spacial score (nSPS) is 46.6. The summed E-state index contributed by atoms with van der Waals surface area (Å²) >= 11 is 0. The largest absolute Gasteiger partial charge is 0.340 e. The molecule has 8 rings (SSSR count). The summed E-state index contributed by atoms with van der Waals surface area (Å²) in [6, 6.07) is 0. The van der Waals surface area contributed by atoms with Crippen LogP contribution in [0.4, 0.5) is 0 Å². The van der Waals surface area contributed by atoms with E-state index in [-0.39, 0.29) is 40.9 Å². The molecule has 32 heavy (non-hydrogen) atoms. The summed E-state index contributed by atoms with van der Waals surface area (Å²) in [6.45, 7) is 4.54. The van der Waals surface area contributed by atoms with Crippen molar-refractivity contribution in [2.24, 2.45) is 46.8 Å². The maximum atomic E-state index is 13.6. The van der Waals surface area contributed by atoms with E-state index in [1.165, 1.54) is 19.3 Å². The molecule has 7 fully saturated rings. The van der Waals surface area contributed by atoms with Crippen LogP contribution in [-0.2, 0) is 14.4 Å². The van der Waals surface area contributed by atoms with Crippen LogP contribution in [0.1, 0.15) is 44.9 Å². The quantitative estimate of drug-likeness (QED) is 0.500. The molecule has 0 N–H and O–H groups in total. The SMILES string of the molecule is O=C1C2C3C=CC(C3)C2C(=O)N1CCN1CCN(C(=O)C23CC4CC(CC(C4)C2)C3)CC1. The molecule has 4 unspecified atom stereocenters. The zero-order valence-electron chi connectivity index (χ0n) is 19.0. The van der Waals surface area contributed by atoms with Crippen molar-refractivity contribution in [2.75, 3.05) is 39.3 Å². The van der Waals surface area contributed by atoms with Gasteiger partial charge in [0, 0.05) is 39.3 Å². The number of allylic oxidation sites excluding steroid dienone is 2. The van der Waals surface area contributed by atoms with Crippen LogP contribution in [0.5, 0.6) is 0 Å². The number of carbonyl (C=O) groups excluding carboxylic acids is 3. The highest BCUT2D eigenvalue weighted by atomic mass is 16.2. The molecule has 4 atom stereocenters. The minimum Gasteiger partial charge on any atom is -0.340 e. The van der Waals surface area contributed by atoms with Crippen LogP contribution in [0.3, 0.4) is 0 Å². The number of likely N-dealkylation sites (tertiary alicyclic amines) is 1. The summed E-state index contributed by atoms with van der Waals surface area (Å²) in [5.74, 6) is 3.35. The van der Waals surface area contributed by atoms with Gasteiger partial charge < -0.3 is 4.90 Å². The van der Waals surface area contributed by atoms with E-state index in [4.69, 9.17) is 0 Å². The first-order chi connectivity index (χ1) is 15.5. The Labute approximate surface area is 190 Å².